The van der Waals surface area contributed by atoms with Crippen molar-refractivity contribution in [2.45, 2.75) is 32.8 Å². The van der Waals surface area contributed by atoms with Gasteiger partial charge in [0.05, 0.1) is 37.1 Å². The number of carbonyl (C=O) groups excluding carboxylic acids is 1. The molecule has 4 rings (SSSR count). The Hall–Kier alpha value is -2.71. The lowest BCUT2D eigenvalue weighted by molar-refractivity contribution is -0.138. The molecule has 1 saturated carbocycles. The zero-order valence-electron chi connectivity index (χ0n) is 17.7. The molecule has 0 spiro atoms. The fourth-order valence-corrected chi connectivity index (χ4v) is 3.84. The van der Waals surface area contributed by atoms with E-state index in [0.717, 1.165) is 37.2 Å². The van der Waals surface area contributed by atoms with Gasteiger partial charge in [-0.05, 0) is 43.5 Å². The standard InChI is InChI=1S/C22H28N4O4/c1-15-10-16(25-20(27)22(2)11-17(12-22)28-3)4-5-19(15)30-18-13-23-21(24-14-18)26-6-8-29-9-7-26/h4-5,10,13-14,17H,6-9,11-12H2,1-3H3,(H,25,27). The summed E-state index contributed by atoms with van der Waals surface area (Å²) >= 11 is 0. The van der Waals surface area contributed by atoms with E-state index in [1.165, 1.54) is 0 Å². The third kappa shape index (κ3) is 4.39. The number of amides is 1. The molecular weight excluding hydrogens is 384 g/mol. The van der Waals surface area contributed by atoms with Crippen molar-refractivity contribution in [3.8, 4) is 11.5 Å². The van der Waals surface area contributed by atoms with Crippen molar-refractivity contribution in [2.75, 3.05) is 43.6 Å². The molecule has 2 fully saturated rings. The number of hydrogen-bond acceptors (Lipinski definition) is 7. The molecule has 0 bridgehead atoms. The highest BCUT2D eigenvalue weighted by atomic mass is 16.5. The topological polar surface area (TPSA) is 85.8 Å². The minimum atomic E-state index is -0.372. The second kappa shape index (κ2) is 8.57. The highest BCUT2D eigenvalue weighted by Gasteiger charge is 2.46. The molecule has 8 heteroatoms. The molecule has 30 heavy (non-hydrogen) atoms. The van der Waals surface area contributed by atoms with Crippen LogP contribution in [-0.4, -0.2) is 55.4 Å². The Bertz CT molecular complexity index is 891. The van der Waals surface area contributed by atoms with Crippen LogP contribution >= 0.6 is 0 Å². The van der Waals surface area contributed by atoms with Gasteiger partial charge in [0.2, 0.25) is 11.9 Å². The number of methoxy groups -OCH3 is 1. The van der Waals surface area contributed by atoms with Crippen molar-refractivity contribution < 1.29 is 19.0 Å². The highest BCUT2D eigenvalue weighted by molar-refractivity contribution is 5.96. The minimum absolute atomic E-state index is 0.0240. The first kappa shape index (κ1) is 20.6. The number of carbonyl (C=O) groups is 1. The highest BCUT2D eigenvalue weighted by Crippen LogP contribution is 2.43. The Morgan fingerprint density at radius 1 is 1.23 bits per heavy atom. The van der Waals surface area contributed by atoms with Crippen LogP contribution in [0.4, 0.5) is 11.6 Å². The molecule has 8 nitrogen and oxygen atoms in total. The van der Waals surface area contributed by atoms with E-state index >= 15 is 0 Å². The quantitative estimate of drug-likeness (QED) is 0.780. The Balaban J connectivity index is 1.37. The van der Waals surface area contributed by atoms with E-state index in [2.05, 4.69) is 20.2 Å². The van der Waals surface area contributed by atoms with Gasteiger partial charge in [-0.15, -0.1) is 0 Å². The number of morpholine rings is 1. The number of rotatable bonds is 6. The van der Waals surface area contributed by atoms with E-state index in [1.807, 2.05) is 32.0 Å². The number of nitrogens with one attached hydrogen (secondary N) is 1. The summed E-state index contributed by atoms with van der Waals surface area (Å²) in [5, 5.41) is 3.01. The third-order valence-electron chi connectivity index (χ3n) is 5.81. The van der Waals surface area contributed by atoms with Crippen LogP contribution in [0.15, 0.2) is 30.6 Å². The lowest BCUT2D eigenvalue weighted by atomic mass is 9.67. The van der Waals surface area contributed by atoms with Crippen molar-refractivity contribution in [1.29, 1.82) is 0 Å². The van der Waals surface area contributed by atoms with E-state index in [9.17, 15) is 4.79 Å². The number of anilines is 2. The lowest BCUT2D eigenvalue weighted by Gasteiger charge is -2.42. The molecule has 0 unspecified atom stereocenters. The second-order valence-electron chi connectivity index (χ2n) is 8.18. The molecule has 1 N–H and O–H groups in total. The summed E-state index contributed by atoms with van der Waals surface area (Å²) in [6.45, 7) is 6.88. The molecular formula is C22H28N4O4. The van der Waals surface area contributed by atoms with Crippen LogP contribution in [0.1, 0.15) is 25.3 Å². The van der Waals surface area contributed by atoms with Gasteiger partial charge >= 0.3 is 0 Å². The van der Waals surface area contributed by atoms with Gasteiger partial charge in [0, 0.05) is 25.9 Å². The van der Waals surface area contributed by atoms with Crippen molar-refractivity contribution in [3.05, 3.63) is 36.2 Å². The summed E-state index contributed by atoms with van der Waals surface area (Å²) in [6.07, 6.45) is 5.02. The lowest BCUT2D eigenvalue weighted by Crippen LogP contribution is -2.48. The van der Waals surface area contributed by atoms with E-state index in [4.69, 9.17) is 14.2 Å². The van der Waals surface area contributed by atoms with E-state index in [-0.39, 0.29) is 17.4 Å². The predicted molar refractivity (Wildman–Crippen MR) is 113 cm³/mol. The van der Waals surface area contributed by atoms with E-state index in [0.29, 0.717) is 30.7 Å². The van der Waals surface area contributed by atoms with Crippen LogP contribution < -0.4 is 15.0 Å². The van der Waals surface area contributed by atoms with Crippen LogP contribution in [0.25, 0.3) is 0 Å². The predicted octanol–water partition coefficient (Wildman–Crippen LogP) is 3.17. The zero-order valence-corrected chi connectivity index (χ0v) is 17.7. The van der Waals surface area contributed by atoms with E-state index < -0.39 is 0 Å². The van der Waals surface area contributed by atoms with Crippen molar-refractivity contribution in [3.63, 3.8) is 0 Å². The number of ether oxygens (including phenoxy) is 3. The van der Waals surface area contributed by atoms with Crippen molar-refractivity contribution in [1.82, 2.24) is 9.97 Å². The summed E-state index contributed by atoms with van der Waals surface area (Å²) < 4.78 is 16.6. The fraction of sp³-hybridized carbons (Fsp3) is 0.500. The maximum atomic E-state index is 12.6. The normalized spacial score (nSPS) is 23.6. The van der Waals surface area contributed by atoms with Crippen LogP contribution in [0.2, 0.25) is 0 Å². The summed E-state index contributed by atoms with van der Waals surface area (Å²) in [7, 11) is 1.69. The van der Waals surface area contributed by atoms with Gasteiger partial charge in [0.1, 0.15) is 5.75 Å². The largest absolute Gasteiger partial charge is 0.454 e. The van der Waals surface area contributed by atoms with Gasteiger partial charge in [0.15, 0.2) is 5.75 Å². The second-order valence-corrected chi connectivity index (χ2v) is 8.18. The molecule has 1 saturated heterocycles. The number of nitrogens with zero attached hydrogens (tertiary/aromatic N) is 3. The molecule has 2 aromatic rings. The van der Waals surface area contributed by atoms with Crippen molar-refractivity contribution in [2.24, 2.45) is 5.41 Å². The Kier molecular flexibility index (Phi) is 5.87. The summed E-state index contributed by atoms with van der Waals surface area (Å²) in [4.78, 5) is 23.5. The number of benzene rings is 1. The maximum absolute atomic E-state index is 12.6. The smallest absolute Gasteiger partial charge is 0.230 e. The first-order valence-corrected chi connectivity index (χ1v) is 10.2. The minimum Gasteiger partial charge on any atom is -0.454 e. The summed E-state index contributed by atoms with van der Waals surface area (Å²) in [5.74, 6) is 1.97. The van der Waals surface area contributed by atoms with Gasteiger partial charge in [0.25, 0.3) is 0 Å². The first-order chi connectivity index (χ1) is 14.5. The van der Waals surface area contributed by atoms with Gasteiger partial charge in [-0.3, -0.25) is 4.79 Å². The molecule has 1 aromatic carbocycles. The van der Waals surface area contributed by atoms with Gasteiger partial charge < -0.3 is 24.4 Å². The number of aryl methyl sites for hydroxylation is 1. The van der Waals surface area contributed by atoms with Crippen molar-refractivity contribution >= 4 is 17.5 Å². The zero-order chi connectivity index (χ0) is 21.1. The molecule has 1 aliphatic heterocycles. The van der Waals surface area contributed by atoms with E-state index in [1.54, 1.807) is 19.5 Å². The molecule has 0 atom stereocenters. The van der Waals surface area contributed by atoms with Crippen LogP contribution in [0.3, 0.4) is 0 Å². The summed E-state index contributed by atoms with van der Waals surface area (Å²) in [6, 6.07) is 5.60. The average molecular weight is 412 g/mol. The Morgan fingerprint density at radius 2 is 1.93 bits per heavy atom. The summed E-state index contributed by atoms with van der Waals surface area (Å²) in [5.41, 5.74) is 1.30. The molecule has 0 radical (unpaired) electrons. The van der Waals surface area contributed by atoms with Crippen LogP contribution in [-0.2, 0) is 14.3 Å². The molecule has 1 amide bonds. The Labute approximate surface area is 176 Å². The number of hydrogen-bond donors (Lipinski definition) is 1. The Morgan fingerprint density at radius 3 is 2.57 bits per heavy atom. The molecule has 2 heterocycles. The van der Waals surface area contributed by atoms with Crippen LogP contribution in [0, 0.1) is 12.3 Å². The fourth-order valence-electron chi connectivity index (χ4n) is 3.84. The monoisotopic (exact) mass is 412 g/mol. The van der Waals surface area contributed by atoms with Gasteiger partial charge in [-0.25, -0.2) is 9.97 Å². The average Bonchev–Trinajstić information content (AvgIpc) is 2.74. The molecule has 1 aliphatic carbocycles. The first-order valence-electron chi connectivity index (χ1n) is 10.2. The molecule has 160 valence electrons. The van der Waals surface area contributed by atoms with Crippen LogP contribution in [0.5, 0.6) is 11.5 Å². The number of aromatic nitrogens is 2. The van der Waals surface area contributed by atoms with Gasteiger partial charge in [-0.1, -0.05) is 6.92 Å². The van der Waals surface area contributed by atoms with Gasteiger partial charge in [-0.2, -0.15) is 0 Å². The SMILES string of the molecule is COC1CC(C)(C(=O)Nc2ccc(Oc3cnc(N4CCOCC4)nc3)c(C)c2)C1. The third-order valence-corrected chi connectivity index (χ3v) is 5.81. The molecule has 1 aromatic heterocycles. The molecule has 2 aliphatic rings. The maximum Gasteiger partial charge on any atom is 0.230 e.